The van der Waals surface area contributed by atoms with Crippen LogP contribution in [0.4, 0.5) is 0 Å². The summed E-state index contributed by atoms with van der Waals surface area (Å²) in [5.74, 6) is 1.13. The van der Waals surface area contributed by atoms with Crippen LogP contribution < -0.4 is 9.39 Å². The number of benzene rings is 1. The van der Waals surface area contributed by atoms with E-state index in [4.69, 9.17) is 14.8 Å². The number of hydrogen-bond acceptors (Lipinski definition) is 4. The first-order valence-corrected chi connectivity index (χ1v) is 3.81. The second-order valence-corrected chi connectivity index (χ2v) is 2.58. The number of hydrogen-bond donors (Lipinski definition) is 2. The van der Waals surface area contributed by atoms with Gasteiger partial charge in [-0.25, -0.2) is 0 Å². The summed E-state index contributed by atoms with van der Waals surface area (Å²) in [4.78, 5) is 0. The van der Waals surface area contributed by atoms with E-state index in [9.17, 15) is 0 Å². The highest BCUT2D eigenvalue weighted by Crippen LogP contribution is 2.22. The Morgan fingerprint density at radius 1 is 1.31 bits per heavy atom. The van der Waals surface area contributed by atoms with Gasteiger partial charge in [0.25, 0.3) is 0 Å². The van der Waals surface area contributed by atoms with Crippen molar-refractivity contribution in [2.45, 2.75) is 6.92 Å². The molecule has 0 fully saturated rings. The van der Waals surface area contributed by atoms with Gasteiger partial charge in [-0.15, -0.1) is 0 Å². The van der Waals surface area contributed by atoms with Crippen molar-refractivity contribution in [3.63, 3.8) is 0 Å². The van der Waals surface area contributed by atoms with E-state index in [0.29, 0.717) is 5.75 Å². The lowest BCUT2D eigenvalue weighted by molar-refractivity contribution is 0.288. The molecule has 0 aromatic heterocycles. The van der Waals surface area contributed by atoms with Crippen molar-refractivity contribution in [2.75, 3.05) is 7.11 Å². The molecule has 1 aromatic carbocycles. The fourth-order valence-electron chi connectivity index (χ4n) is 1.05. The van der Waals surface area contributed by atoms with Gasteiger partial charge in [0.2, 0.25) is 0 Å². The van der Waals surface area contributed by atoms with Crippen LogP contribution in [-0.4, -0.2) is 24.5 Å². The Balaban J connectivity index is 2.83. The Bertz CT molecular complexity index is 287. The summed E-state index contributed by atoms with van der Waals surface area (Å²) in [6.07, 6.45) is 0. The van der Waals surface area contributed by atoms with E-state index in [1.807, 2.05) is 6.92 Å². The SMILES string of the molecule is COc1ccc(OB(O)O)cc1C. The standard InChI is InChI=1S/C8H11BO4/c1-6-5-7(13-9(10)11)3-4-8(6)12-2/h3-5,10-11H,1-2H3. The van der Waals surface area contributed by atoms with Gasteiger partial charge in [0.05, 0.1) is 7.11 Å². The highest BCUT2D eigenvalue weighted by Gasteiger charge is 2.11. The van der Waals surface area contributed by atoms with Gasteiger partial charge in [-0.3, -0.25) is 0 Å². The third-order valence-corrected chi connectivity index (χ3v) is 1.61. The van der Waals surface area contributed by atoms with Crippen LogP contribution in [-0.2, 0) is 0 Å². The zero-order valence-electron chi connectivity index (χ0n) is 7.52. The van der Waals surface area contributed by atoms with Crippen molar-refractivity contribution in [3.05, 3.63) is 23.8 Å². The highest BCUT2D eigenvalue weighted by atomic mass is 16.6. The molecule has 1 rings (SSSR count). The monoisotopic (exact) mass is 182 g/mol. The quantitative estimate of drug-likeness (QED) is 0.662. The van der Waals surface area contributed by atoms with Crippen LogP contribution in [0.2, 0.25) is 0 Å². The summed E-state index contributed by atoms with van der Waals surface area (Å²) in [6, 6.07) is 4.97. The van der Waals surface area contributed by atoms with Crippen molar-refractivity contribution in [1.82, 2.24) is 0 Å². The van der Waals surface area contributed by atoms with Crippen molar-refractivity contribution in [3.8, 4) is 11.5 Å². The Labute approximate surface area is 76.9 Å². The van der Waals surface area contributed by atoms with Gasteiger partial charge in [-0.2, -0.15) is 0 Å². The third kappa shape index (κ3) is 2.64. The van der Waals surface area contributed by atoms with Gasteiger partial charge in [0.1, 0.15) is 11.5 Å². The average molecular weight is 182 g/mol. The summed E-state index contributed by atoms with van der Waals surface area (Å²) >= 11 is 0. The third-order valence-electron chi connectivity index (χ3n) is 1.61. The molecule has 2 N–H and O–H groups in total. The maximum Gasteiger partial charge on any atom is 0.707 e. The van der Waals surface area contributed by atoms with Crippen LogP contribution in [0.5, 0.6) is 11.5 Å². The Morgan fingerprint density at radius 3 is 2.46 bits per heavy atom. The molecule has 0 amide bonds. The molecule has 70 valence electrons. The fourth-order valence-corrected chi connectivity index (χ4v) is 1.05. The van der Waals surface area contributed by atoms with Crippen molar-refractivity contribution in [1.29, 1.82) is 0 Å². The molecule has 0 saturated heterocycles. The first kappa shape index (κ1) is 9.89. The van der Waals surface area contributed by atoms with Gasteiger partial charge in [-0.05, 0) is 30.7 Å². The molecule has 0 aliphatic carbocycles. The van der Waals surface area contributed by atoms with Crippen LogP contribution in [0.3, 0.4) is 0 Å². The van der Waals surface area contributed by atoms with Gasteiger partial charge >= 0.3 is 7.32 Å². The smallest absolute Gasteiger partial charge is 0.512 e. The first-order chi connectivity index (χ1) is 6.13. The van der Waals surface area contributed by atoms with Crippen molar-refractivity contribution in [2.24, 2.45) is 0 Å². The first-order valence-electron chi connectivity index (χ1n) is 3.81. The molecule has 0 saturated carbocycles. The minimum atomic E-state index is -1.78. The van der Waals surface area contributed by atoms with Gasteiger partial charge < -0.3 is 19.4 Å². The van der Waals surface area contributed by atoms with Gasteiger partial charge in [0, 0.05) is 0 Å². The van der Waals surface area contributed by atoms with Crippen LogP contribution in [0, 0.1) is 6.92 Å². The van der Waals surface area contributed by atoms with Gasteiger partial charge in [0.15, 0.2) is 0 Å². The van der Waals surface area contributed by atoms with E-state index in [1.165, 1.54) is 0 Å². The van der Waals surface area contributed by atoms with Crippen LogP contribution >= 0.6 is 0 Å². The average Bonchev–Trinajstić information content (AvgIpc) is 2.03. The fraction of sp³-hybridized carbons (Fsp3) is 0.250. The molecule has 0 radical (unpaired) electrons. The zero-order valence-corrected chi connectivity index (χ0v) is 7.52. The van der Waals surface area contributed by atoms with E-state index in [-0.39, 0.29) is 0 Å². The largest absolute Gasteiger partial charge is 0.707 e. The van der Waals surface area contributed by atoms with E-state index in [2.05, 4.69) is 4.65 Å². The Kier molecular flexibility index (Phi) is 3.16. The molecule has 0 bridgehead atoms. The van der Waals surface area contributed by atoms with Crippen molar-refractivity contribution < 1.29 is 19.4 Å². The molecular weight excluding hydrogens is 171 g/mol. The lowest BCUT2D eigenvalue weighted by Gasteiger charge is -2.08. The van der Waals surface area contributed by atoms with Crippen LogP contribution in [0.15, 0.2) is 18.2 Å². The minimum Gasteiger partial charge on any atom is -0.512 e. The van der Waals surface area contributed by atoms with E-state index < -0.39 is 7.32 Å². The normalized spacial score (nSPS) is 9.54. The number of methoxy groups -OCH3 is 1. The lowest BCUT2D eigenvalue weighted by Crippen LogP contribution is -2.20. The molecule has 1 aromatic rings. The second kappa shape index (κ2) is 4.16. The van der Waals surface area contributed by atoms with Crippen LogP contribution in [0.1, 0.15) is 5.56 Å². The highest BCUT2D eigenvalue weighted by molar-refractivity contribution is 6.33. The maximum atomic E-state index is 8.53. The summed E-state index contributed by atoms with van der Waals surface area (Å²) < 4.78 is 9.67. The molecule has 0 heterocycles. The van der Waals surface area contributed by atoms with E-state index in [0.717, 1.165) is 11.3 Å². The summed E-state index contributed by atoms with van der Waals surface area (Å²) in [5.41, 5.74) is 0.876. The lowest BCUT2D eigenvalue weighted by atomic mass is 10.2. The van der Waals surface area contributed by atoms with Gasteiger partial charge in [-0.1, -0.05) is 0 Å². The van der Waals surface area contributed by atoms with Crippen LogP contribution in [0.25, 0.3) is 0 Å². The summed E-state index contributed by atoms with van der Waals surface area (Å²) in [7, 11) is -0.211. The number of aryl methyl sites for hydroxylation is 1. The molecular formula is C8H11BO4. The topological polar surface area (TPSA) is 58.9 Å². The predicted molar refractivity (Wildman–Crippen MR) is 48.6 cm³/mol. The van der Waals surface area contributed by atoms with Crippen molar-refractivity contribution >= 4 is 7.32 Å². The summed E-state index contributed by atoms with van der Waals surface area (Å²) in [5, 5.41) is 17.1. The minimum absolute atomic E-state index is 0.397. The molecule has 4 nitrogen and oxygen atoms in total. The molecule has 0 spiro atoms. The van der Waals surface area contributed by atoms with E-state index >= 15 is 0 Å². The zero-order chi connectivity index (χ0) is 9.84. The van der Waals surface area contributed by atoms with E-state index in [1.54, 1.807) is 25.3 Å². The molecule has 5 heteroatoms. The Hall–Kier alpha value is -1.20. The maximum absolute atomic E-state index is 8.53. The molecule has 13 heavy (non-hydrogen) atoms. The number of ether oxygens (including phenoxy) is 1. The molecule has 0 aliphatic heterocycles. The molecule has 0 unspecified atom stereocenters. The second-order valence-electron chi connectivity index (χ2n) is 2.58. The molecule has 0 aliphatic rings. The Morgan fingerprint density at radius 2 is 2.00 bits per heavy atom. The summed E-state index contributed by atoms with van der Waals surface area (Å²) in [6.45, 7) is 1.84. The molecule has 0 atom stereocenters. The predicted octanol–water partition coefficient (Wildman–Crippen LogP) is 0.352. The number of rotatable bonds is 3.